The first-order chi connectivity index (χ1) is 22.3. The summed E-state index contributed by atoms with van der Waals surface area (Å²) in [5, 5.41) is 5.38. The number of benzene rings is 6. The summed E-state index contributed by atoms with van der Waals surface area (Å²) in [4.78, 5) is 0. The lowest BCUT2D eigenvalue weighted by Crippen LogP contribution is -1.94. The van der Waals surface area contributed by atoms with Gasteiger partial charge >= 0.3 is 0 Å². The normalized spacial score (nSPS) is 14.0. The molecule has 0 saturated carbocycles. The molecule has 0 amide bonds. The van der Waals surface area contributed by atoms with Crippen LogP contribution in [0, 0.1) is 0 Å². The predicted molar refractivity (Wildman–Crippen MR) is 195 cm³/mol. The summed E-state index contributed by atoms with van der Waals surface area (Å²) in [7, 11) is 0. The molecule has 45 heavy (non-hydrogen) atoms. The highest BCUT2D eigenvalue weighted by Gasteiger charge is 2.17. The van der Waals surface area contributed by atoms with Crippen molar-refractivity contribution >= 4 is 53.3 Å². The van der Waals surface area contributed by atoms with Gasteiger partial charge < -0.3 is 4.57 Å². The van der Waals surface area contributed by atoms with Crippen molar-refractivity contribution in [2.24, 2.45) is 0 Å². The quantitative estimate of drug-likeness (QED) is 0.187. The SMILES string of the molecule is c1ccc(-n2c3ccccc3c3cc(-c4ccc5c(c4)sc4cc6c(cc45)CCCCCCCc4ccccc4-6)ccc32)cc1. The Labute approximate surface area is 268 Å². The van der Waals surface area contributed by atoms with E-state index in [1.165, 1.54) is 120 Å². The number of hydrogen-bond acceptors (Lipinski definition) is 1. The van der Waals surface area contributed by atoms with Crippen molar-refractivity contribution in [2.45, 2.75) is 44.9 Å². The second kappa shape index (κ2) is 11.1. The van der Waals surface area contributed by atoms with Gasteiger partial charge in [-0.15, -0.1) is 11.3 Å². The van der Waals surface area contributed by atoms with Crippen LogP contribution in [0.1, 0.15) is 43.2 Å². The molecule has 6 aromatic carbocycles. The van der Waals surface area contributed by atoms with E-state index < -0.39 is 0 Å². The third kappa shape index (κ3) is 4.59. The Morgan fingerprint density at radius 1 is 0.422 bits per heavy atom. The van der Waals surface area contributed by atoms with Crippen molar-refractivity contribution in [2.75, 3.05) is 0 Å². The molecule has 0 atom stereocenters. The maximum atomic E-state index is 2.53. The summed E-state index contributed by atoms with van der Waals surface area (Å²) in [5.41, 5.74) is 12.1. The van der Waals surface area contributed by atoms with E-state index >= 15 is 0 Å². The summed E-state index contributed by atoms with van der Waals surface area (Å²) in [6.45, 7) is 0. The third-order valence-corrected chi connectivity index (χ3v) is 11.0. The van der Waals surface area contributed by atoms with Crippen LogP contribution < -0.4 is 0 Å². The van der Waals surface area contributed by atoms with E-state index in [-0.39, 0.29) is 0 Å². The molecular formula is C43H35NS. The number of thiophene rings is 1. The molecule has 1 aliphatic carbocycles. The molecule has 2 heterocycles. The van der Waals surface area contributed by atoms with Crippen LogP contribution >= 0.6 is 11.3 Å². The Kier molecular flexibility index (Phi) is 6.56. The molecule has 0 spiro atoms. The second-order valence-corrected chi connectivity index (χ2v) is 13.7. The lowest BCUT2D eigenvalue weighted by atomic mass is 9.90. The van der Waals surface area contributed by atoms with Crippen molar-refractivity contribution < 1.29 is 0 Å². The van der Waals surface area contributed by atoms with Crippen molar-refractivity contribution in [3.05, 3.63) is 139 Å². The highest BCUT2D eigenvalue weighted by atomic mass is 32.1. The maximum absolute atomic E-state index is 2.53. The number of fused-ring (bicyclic) bond motifs is 9. The van der Waals surface area contributed by atoms with Gasteiger partial charge in [0.15, 0.2) is 0 Å². The summed E-state index contributed by atoms with van der Waals surface area (Å²) < 4.78 is 5.15. The molecule has 2 heteroatoms. The first kappa shape index (κ1) is 26.7. The average Bonchev–Trinajstić information content (AvgIpc) is 3.61. The Balaban J connectivity index is 1.18. The van der Waals surface area contributed by atoms with Crippen LogP contribution in [-0.4, -0.2) is 4.57 Å². The van der Waals surface area contributed by atoms with Gasteiger partial charge in [0.25, 0.3) is 0 Å². The number of aromatic nitrogens is 1. The van der Waals surface area contributed by atoms with Crippen LogP contribution in [0.4, 0.5) is 0 Å². The summed E-state index contributed by atoms with van der Waals surface area (Å²) in [5.74, 6) is 0. The van der Waals surface area contributed by atoms with Crippen molar-refractivity contribution in [1.82, 2.24) is 4.57 Å². The molecule has 218 valence electrons. The fourth-order valence-electron chi connectivity index (χ4n) is 7.67. The zero-order valence-electron chi connectivity index (χ0n) is 25.4. The lowest BCUT2D eigenvalue weighted by Gasteiger charge is -2.14. The molecule has 9 rings (SSSR count). The van der Waals surface area contributed by atoms with Gasteiger partial charge in [-0.2, -0.15) is 0 Å². The van der Waals surface area contributed by atoms with E-state index in [0.29, 0.717) is 0 Å². The number of nitrogens with zero attached hydrogens (tertiary/aromatic N) is 1. The van der Waals surface area contributed by atoms with E-state index in [4.69, 9.17) is 0 Å². The predicted octanol–water partition coefficient (Wildman–Crippen LogP) is 12.5. The van der Waals surface area contributed by atoms with Gasteiger partial charge in [0.1, 0.15) is 0 Å². The lowest BCUT2D eigenvalue weighted by molar-refractivity contribution is 0.616. The van der Waals surface area contributed by atoms with Gasteiger partial charge in [-0.3, -0.25) is 0 Å². The molecule has 0 aliphatic heterocycles. The fourth-order valence-corrected chi connectivity index (χ4v) is 8.84. The van der Waals surface area contributed by atoms with Gasteiger partial charge in [0, 0.05) is 36.6 Å². The highest BCUT2D eigenvalue weighted by Crippen LogP contribution is 2.42. The van der Waals surface area contributed by atoms with Crippen LogP contribution in [-0.2, 0) is 12.8 Å². The van der Waals surface area contributed by atoms with Gasteiger partial charge in [0.05, 0.1) is 11.0 Å². The molecular weight excluding hydrogens is 563 g/mol. The van der Waals surface area contributed by atoms with Gasteiger partial charge in [-0.05, 0) is 108 Å². The van der Waals surface area contributed by atoms with E-state index in [1.54, 1.807) is 0 Å². The smallest absolute Gasteiger partial charge is 0.0541 e. The summed E-state index contributed by atoms with van der Waals surface area (Å²) in [6.07, 6.45) is 8.92. The van der Waals surface area contributed by atoms with Crippen molar-refractivity contribution in [3.8, 4) is 27.9 Å². The molecule has 0 N–H and O–H groups in total. The molecule has 2 aromatic heterocycles. The van der Waals surface area contributed by atoms with Crippen LogP contribution in [0.25, 0.3) is 69.9 Å². The molecule has 1 aliphatic rings. The fraction of sp³-hybridized carbons (Fsp3) is 0.163. The molecule has 0 fully saturated rings. The van der Waals surface area contributed by atoms with E-state index in [9.17, 15) is 0 Å². The molecule has 1 nitrogen and oxygen atoms in total. The van der Waals surface area contributed by atoms with Crippen molar-refractivity contribution in [3.63, 3.8) is 0 Å². The largest absolute Gasteiger partial charge is 0.309 e. The molecule has 8 aromatic rings. The van der Waals surface area contributed by atoms with Gasteiger partial charge in [-0.1, -0.05) is 98.1 Å². The monoisotopic (exact) mass is 597 g/mol. The Bertz CT molecular complexity index is 2350. The molecule has 0 saturated heterocycles. The zero-order valence-corrected chi connectivity index (χ0v) is 26.2. The van der Waals surface area contributed by atoms with Crippen molar-refractivity contribution in [1.29, 1.82) is 0 Å². The Morgan fingerprint density at radius 3 is 2.02 bits per heavy atom. The number of aryl methyl sites for hydroxylation is 2. The van der Waals surface area contributed by atoms with E-state index in [1.807, 2.05) is 11.3 Å². The molecule has 0 bridgehead atoms. The second-order valence-electron chi connectivity index (χ2n) is 12.7. The standard InChI is InChI=1S/C43H35NS/c1-2-5-13-29-14-9-10-18-34(29)37-28-43-39(26-32(37)15-6-3-1)36-23-21-31(27-42(36)45-43)30-22-24-41-38(25-30)35-19-11-12-20-40(35)44(41)33-16-7-4-8-17-33/h4,7-12,14,16-28H,1-3,5-6,13,15H2. The maximum Gasteiger partial charge on any atom is 0.0541 e. The van der Waals surface area contributed by atoms with Crippen LogP contribution in [0.2, 0.25) is 0 Å². The molecule has 0 unspecified atom stereocenters. The summed E-state index contributed by atoms with van der Waals surface area (Å²) >= 11 is 1.95. The Morgan fingerprint density at radius 2 is 1.11 bits per heavy atom. The minimum Gasteiger partial charge on any atom is -0.309 e. The number of para-hydroxylation sites is 2. The number of rotatable bonds is 2. The minimum atomic E-state index is 1.16. The van der Waals surface area contributed by atoms with Gasteiger partial charge in [0.2, 0.25) is 0 Å². The first-order valence-electron chi connectivity index (χ1n) is 16.5. The van der Waals surface area contributed by atoms with E-state index in [2.05, 4.69) is 132 Å². The van der Waals surface area contributed by atoms with Gasteiger partial charge in [-0.25, -0.2) is 0 Å². The van der Waals surface area contributed by atoms with Crippen LogP contribution in [0.3, 0.4) is 0 Å². The minimum absolute atomic E-state index is 1.16. The summed E-state index contributed by atoms with van der Waals surface area (Å²) in [6, 6.07) is 47.8. The van der Waals surface area contributed by atoms with Crippen LogP contribution in [0.5, 0.6) is 0 Å². The first-order valence-corrected chi connectivity index (χ1v) is 17.3. The number of hydrogen-bond donors (Lipinski definition) is 0. The molecule has 0 radical (unpaired) electrons. The third-order valence-electron chi connectivity index (χ3n) is 9.92. The van der Waals surface area contributed by atoms with Crippen LogP contribution in [0.15, 0.2) is 127 Å². The van der Waals surface area contributed by atoms with E-state index in [0.717, 1.165) is 6.42 Å². The zero-order chi connectivity index (χ0) is 29.7. The average molecular weight is 598 g/mol. The highest BCUT2D eigenvalue weighted by molar-refractivity contribution is 7.25. The topological polar surface area (TPSA) is 4.93 Å². The Hall–Kier alpha value is -4.66.